The van der Waals surface area contributed by atoms with Crippen molar-refractivity contribution in [3.8, 4) is 5.75 Å². The average Bonchev–Trinajstić information content (AvgIpc) is 3.13. The molecule has 1 fully saturated rings. The van der Waals surface area contributed by atoms with Gasteiger partial charge < -0.3 is 9.72 Å². The summed E-state index contributed by atoms with van der Waals surface area (Å²) in [6, 6.07) is 13.4. The van der Waals surface area contributed by atoms with Crippen LogP contribution in [-0.4, -0.2) is 37.9 Å². The second kappa shape index (κ2) is 7.26. The van der Waals surface area contributed by atoms with Crippen molar-refractivity contribution >= 4 is 20.9 Å². The largest absolute Gasteiger partial charge is 0.497 e. The SMILES string of the molecule is COc1ccc2[nH]c(C3CCCN(S(=O)(=O)c4ccc(C)c(C)c4)C3)cc2c1. The summed E-state index contributed by atoms with van der Waals surface area (Å²) in [6.07, 6.45) is 1.83. The monoisotopic (exact) mass is 398 g/mol. The average molecular weight is 399 g/mol. The molecular formula is C22H26N2O3S. The highest BCUT2D eigenvalue weighted by Gasteiger charge is 2.31. The smallest absolute Gasteiger partial charge is 0.243 e. The molecule has 1 atom stereocenters. The number of nitrogens with zero attached hydrogens (tertiary/aromatic N) is 1. The summed E-state index contributed by atoms with van der Waals surface area (Å²) in [7, 11) is -1.83. The Hall–Kier alpha value is -2.31. The second-order valence-electron chi connectivity index (χ2n) is 7.63. The zero-order valence-electron chi connectivity index (χ0n) is 16.5. The Labute approximate surface area is 166 Å². The third-order valence-corrected chi connectivity index (χ3v) is 7.65. The molecule has 6 heteroatoms. The first kappa shape index (κ1) is 19.0. The number of rotatable bonds is 4. The Morgan fingerprint density at radius 2 is 1.89 bits per heavy atom. The minimum Gasteiger partial charge on any atom is -0.497 e. The van der Waals surface area contributed by atoms with Crippen molar-refractivity contribution in [3.63, 3.8) is 0 Å². The van der Waals surface area contributed by atoms with Gasteiger partial charge in [-0.1, -0.05) is 6.07 Å². The number of fused-ring (bicyclic) bond motifs is 1. The quantitative estimate of drug-likeness (QED) is 0.710. The molecule has 0 saturated carbocycles. The van der Waals surface area contributed by atoms with Gasteiger partial charge in [0.1, 0.15) is 5.75 Å². The highest BCUT2D eigenvalue weighted by molar-refractivity contribution is 7.89. The summed E-state index contributed by atoms with van der Waals surface area (Å²) in [5.74, 6) is 0.981. The molecule has 1 aromatic heterocycles. The molecule has 0 aliphatic carbocycles. The van der Waals surface area contributed by atoms with Crippen LogP contribution in [0.3, 0.4) is 0 Å². The van der Waals surface area contributed by atoms with Crippen LogP contribution in [0.1, 0.15) is 35.6 Å². The summed E-state index contributed by atoms with van der Waals surface area (Å²) < 4.78 is 33.3. The van der Waals surface area contributed by atoms with Crippen LogP contribution >= 0.6 is 0 Å². The Bertz CT molecular complexity index is 1120. The zero-order valence-corrected chi connectivity index (χ0v) is 17.3. The molecule has 148 valence electrons. The van der Waals surface area contributed by atoms with Gasteiger partial charge in [0, 0.05) is 35.6 Å². The van der Waals surface area contributed by atoms with E-state index >= 15 is 0 Å². The molecular weight excluding hydrogens is 372 g/mol. The van der Waals surface area contributed by atoms with Crippen molar-refractivity contribution < 1.29 is 13.2 Å². The lowest BCUT2D eigenvalue weighted by atomic mass is 9.96. The number of aromatic nitrogens is 1. The number of benzene rings is 2. The summed E-state index contributed by atoms with van der Waals surface area (Å²) in [4.78, 5) is 3.85. The first-order valence-electron chi connectivity index (χ1n) is 9.62. The van der Waals surface area contributed by atoms with Gasteiger partial charge in [0.05, 0.1) is 12.0 Å². The van der Waals surface area contributed by atoms with Crippen LogP contribution in [0, 0.1) is 13.8 Å². The molecule has 3 aromatic rings. The normalized spacial score (nSPS) is 18.5. The van der Waals surface area contributed by atoms with Gasteiger partial charge in [0.15, 0.2) is 0 Å². The van der Waals surface area contributed by atoms with Crippen LogP contribution in [0.2, 0.25) is 0 Å². The highest BCUT2D eigenvalue weighted by Crippen LogP contribution is 2.32. The molecule has 5 nitrogen and oxygen atoms in total. The molecule has 0 spiro atoms. The van der Waals surface area contributed by atoms with Crippen LogP contribution in [0.4, 0.5) is 0 Å². The fraction of sp³-hybridized carbons (Fsp3) is 0.364. The molecule has 4 rings (SSSR count). The molecule has 1 unspecified atom stereocenters. The molecule has 1 N–H and O–H groups in total. The molecule has 1 saturated heterocycles. The predicted molar refractivity (Wildman–Crippen MR) is 112 cm³/mol. The molecule has 1 aliphatic rings. The van der Waals surface area contributed by atoms with Crippen molar-refractivity contribution in [1.82, 2.24) is 9.29 Å². The number of methoxy groups -OCH3 is 1. The standard InChI is InChI=1S/C22H26N2O3S/c1-15-6-8-20(11-16(15)2)28(25,26)24-10-4-5-17(14-24)22-13-18-12-19(27-3)7-9-21(18)23-22/h6-9,11-13,17,23H,4-5,10,14H2,1-3H3. The van der Waals surface area contributed by atoms with E-state index < -0.39 is 10.0 Å². The first-order valence-corrected chi connectivity index (χ1v) is 11.1. The van der Waals surface area contributed by atoms with E-state index in [0.29, 0.717) is 18.0 Å². The van der Waals surface area contributed by atoms with E-state index in [0.717, 1.165) is 46.3 Å². The minimum absolute atomic E-state index is 0.161. The number of ether oxygens (including phenoxy) is 1. The lowest BCUT2D eigenvalue weighted by Gasteiger charge is -2.31. The number of piperidine rings is 1. The topological polar surface area (TPSA) is 62.4 Å². The van der Waals surface area contributed by atoms with Crippen LogP contribution < -0.4 is 4.74 Å². The number of H-pyrrole nitrogens is 1. The van der Waals surface area contributed by atoms with Crippen molar-refractivity contribution in [1.29, 1.82) is 0 Å². The van der Waals surface area contributed by atoms with E-state index in [-0.39, 0.29) is 5.92 Å². The Morgan fingerprint density at radius 1 is 1.07 bits per heavy atom. The zero-order chi connectivity index (χ0) is 19.9. The summed E-state index contributed by atoms with van der Waals surface area (Å²) in [5, 5.41) is 1.09. The Balaban J connectivity index is 1.61. The van der Waals surface area contributed by atoms with E-state index in [4.69, 9.17) is 4.74 Å². The molecule has 2 aromatic carbocycles. The minimum atomic E-state index is -3.48. The van der Waals surface area contributed by atoms with Gasteiger partial charge in [-0.15, -0.1) is 0 Å². The van der Waals surface area contributed by atoms with Gasteiger partial charge in [0.25, 0.3) is 0 Å². The highest BCUT2D eigenvalue weighted by atomic mass is 32.2. The Kier molecular flexibility index (Phi) is 4.93. The van der Waals surface area contributed by atoms with Crippen LogP contribution in [0.15, 0.2) is 47.4 Å². The van der Waals surface area contributed by atoms with E-state index in [1.165, 1.54) is 0 Å². The van der Waals surface area contributed by atoms with Gasteiger partial charge in [-0.2, -0.15) is 4.31 Å². The third-order valence-electron chi connectivity index (χ3n) is 5.79. The first-order chi connectivity index (χ1) is 13.4. The lowest BCUT2D eigenvalue weighted by molar-refractivity contribution is 0.313. The van der Waals surface area contributed by atoms with E-state index in [1.54, 1.807) is 23.5 Å². The van der Waals surface area contributed by atoms with Crippen LogP contribution in [0.5, 0.6) is 5.75 Å². The van der Waals surface area contributed by atoms with Gasteiger partial charge in [0.2, 0.25) is 10.0 Å². The van der Waals surface area contributed by atoms with Gasteiger partial charge in [-0.05, 0) is 74.2 Å². The van der Waals surface area contributed by atoms with E-state index in [2.05, 4.69) is 11.1 Å². The third kappa shape index (κ3) is 3.42. The number of hydrogen-bond donors (Lipinski definition) is 1. The number of aryl methyl sites for hydroxylation is 2. The second-order valence-corrected chi connectivity index (χ2v) is 9.56. The summed E-state index contributed by atoms with van der Waals surface area (Å²) in [5.41, 5.74) is 4.23. The van der Waals surface area contributed by atoms with E-state index in [1.807, 2.05) is 38.1 Å². The Morgan fingerprint density at radius 3 is 2.64 bits per heavy atom. The maximum absolute atomic E-state index is 13.2. The molecule has 28 heavy (non-hydrogen) atoms. The fourth-order valence-electron chi connectivity index (χ4n) is 3.92. The predicted octanol–water partition coefficient (Wildman–Crippen LogP) is 4.36. The van der Waals surface area contributed by atoms with Gasteiger partial charge >= 0.3 is 0 Å². The molecule has 1 aliphatic heterocycles. The number of nitrogens with one attached hydrogen (secondary N) is 1. The fourth-order valence-corrected chi connectivity index (χ4v) is 5.53. The maximum Gasteiger partial charge on any atom is 0.243 e. The van der Waals surface area contributed by atoms with E-state index in [9.17, 15) is 8.42 Å². The number of aromatic amines is 1. The van der Waals surface area contributed by atoms with Gasteiger partial charge in [-0.3, -0.25) is 0 Å². The van der Waals surface area contributed by atoms with Crippen molar-refractivity contribution in [2.45, 2.75) is 37.5 Å². The molecule has 2 heterocycles. The van der Waals surface area contributed by atoms with Crippen molar-refractivity contribution in [2.24, 2.45) is 0 Å². The number of sulfonamides is 1. The summed E-state index contributed by atoms with van der Waals surface area (Å²) in [6.45, 7) is 5.01. The summed E-state index contributed by atoms with van der Waals surface area (Å²) >= 11 is 0. The lowest BCUT2D eigenvalue weighted by Crippen LogP contribution is -2.39. The molecule has 0 bridgehead atoms. The van der Waals surface area contributed by atoms with Crippen molar-refractivity contribution in [3.05, 3.63) is 59.3 Å². The van der Waals surface area contributed by atoms with Crippen LogP contribution in [0.25, 0.3) is 10.9 Å². The molecule has 0 radical (unpaired) electrons. The maximum atomic E-state index is 13.2. The number of hydrogen-bond acceptors (Lipinski definition) is 3. The van der Waals surface area contributed by atoms with Gasteiger partial charge in [-0.25, -0.2) is 8.42 Å². The van der Waals surface area contributed by atoms with Crippen molar-refractivity contribution in [2.75, 3.05) is 20.2 Å². The molecule has 0 amide bonds. The van der Waals surface area contributed by atoms with Crippen LogP contribution in [-0.2, 0) is 10.0 Å².